The van der Waals surface area contributed by atoms with E-state index >= 15 is 0 Å². The second-order valence-corrected chi connectivity index (χ2v) is 3.01. The maximum absolute atomic E-state index is 11.5. The van der Waals surface area contributed by atoms with E-state index in [-0.39, 0.29) is 0 Å². The Morgan fingerprint density at radius 1 is 1.47 bits per heavy atom. The zero-order valence-corrected chi connectivity index (χ0v) is 8.19. The van der Waals surface area contributed by atoms with Gasteiger partial charge in [-0.3, -0.25) is 0 Å². The molecule has 2 rings (SSSR count). The number of para-hydroxylation sites is 2. The first kappa shape index (κ1) is 9.51. The molecule has 1 amide bonds. The molecular formula is C10H10N2O3. The predicted molar refractivity (Wildman–Crippen MR) is 54.9 cm³/mol. The fraction of sp³-hybridized carbons (Fsp3) is 0.200. The van der Waals surface area contributed by atoms with Crippen LogP contribution >= 0.6 is 0 Å². The number of benzene rings is 1. The van der Waals surface area contributed by atoms with Gasteiger partial charge in [0.2, 0.25) is 0 Å². The Bertz CT molecular complexity index is 553. The molecule has 0 radical (unpaired) electrons. The van der Waals surface area contributed by atoms with Crippen LogP contribution < -0.4 is 11.1 Å². The molecule has 0 spiro atoms. The van der Waals surface area contributed by atoms with Crippen molar-refractivity contribution in [3.63, 3.8) is 0 Å². The molecule has 0 bridgehead atoms. The Hall–Kier alpha value is -2.04. The van der Waals surface area contributed by atoms with Crippen molar-refractivity contribution in [2.45, 2.75) is 6.92 Å². The number of rotatable bonds is 1. The lowest BCUT2D eigenvalue weighted by Gasteiger charge is -2.00. The highest BCUT2D eigenvalue weighted by atomic mass is 16.4. The van der Waals surface area contributed by atoms with Gasteiger partial charge < -0.3 is 9.73 Å². The Kier molecular flexibility index (Phi) is 2.29. The second-order valence-electron chi connectivity index (χ2n) is 3.01. The molecular weight excluding hydrogens is 196 g/mol. The number of aromatic nitrogens is 1. The minimum Gasteiger partial charge on any atom is -0.407 e. The predicted octanol–water partition coefficient (Wildman–Crippen LogP) is 1.17. The monoisotopic (exact) mass is 206 g/mol. The highest BCUT2D eigenvalue weighted by Gasteiger charge is 2.13. The van der Waals surface area contributed by atoms with Crippen molar-refractivity contribution in [1.29, 1.82) is 0 Å². The first-order chi connectivity index (χ1) is 7.24. The van der Waals surface area contributed by atoms with Gasteiger partial charge in [0.25, 0.3) is 0 Å². The third-order valence-electron chi connectivity index (χ3n) is 2.02. The molecule has 78 valence electrons. The van der Waals surface area contributed by atoms with Gasteiger partial charge in [-0.2, -0.15) is 4.57 Å². The van der Waals surface area contributed by atoms with Crippen LogP contribution in [0.2, 0.25) is 0 Å². The summed E-state index contributed by atoms with van der Waals surface area (Å²) in [6.45, 7) is 2.25. The van der Waals surface area contributed by atoms with E-state index in [0.717, 1.165) is 4.57 Å². The molecule has 0 aliphatic rings. The number of nitrogens with zero attached hydrogens (tertiary/aromatic N) is 1. The van der Waals surface area contributed by atoms with Crippen LogP contribution in [0.1, 0.15) is 6.92 Å². The molecule has 1 N–H and O–H groups in total. The van der Waals surface area contributed by atoms with Gasteiger partial charge >= 0.3 is 11.8 Å². The van der Waals surface area contributed by atoms with E-state index in [1.807, 2.05) is 0 Å². The van der Waals surface area contributed by atoms with E-state index in [9.17, 15) is 9.59 Å². The highest BCUT2D eigenvalue weighted by molar-refractivity contribution is 5.87. The molecule has 0 aliphatic heterocycles. The Morgan fingerprint density at radius 2 is 2.20 bits per heavy atom. The van der Waals surface area contributed by atoms with Crippen LogP contribution in [0.5, 0.6) is 0 Å². The van der Waals surface area contributed by atoms with Crippen molar-refractivity contribution in [2.24, 2.45) is 0 Å². The molecule has 1 heterocycles. The molecule has 15 heavy (non-hydrogen) atoms. The number of hydrogen-bond donors (Lipinski definition) is 1. The maximum atomic E-state index is 11.5. The summed E-state index contributed by atoms with van der Waals surface area (Å²) in [5.41, 5.74) is 0.891. The number of oxazole rings is 1. The molecule has 5 heteroatoms. The van der Waals surface area contributed by atoms with E-state index in [2.05, 4.69) is 5.32 Å². The number of amides is 1. The van der Waals surface area contributed by atoms with Crippen LogP contribution in [0.25, 0.3) is 11.1 Å². The molecule has 0 atom stereocenters. The lowest BCUT2D eigenvalue weighted by molar-refractivity contribution is 0.241. The van der Waals surface area contributed by atoms with Gasteiger partial charge in [-0.25, -0.2) is 9.59 Å². The zero-order valence-electron chi connectivity index (χ0n) is 8.19. The minimum absolute atomic E-state index is 0.411. The number of carbonyl (C=O) groups is 1. The van der Waals surface area contributed by atoms with Crippen molar-refractivity contribution in [1.82, 2.24) is 9.88 Å². The topological polar surface area (TPSA) is 64.2 Å². The smallest absolute Gasteiger partial charge is 0.407 e. The van der Waals surface area contributed by atoms with Gasteiger partial charge in [-0.05, 0) is 19.1 Å². The van der Waals surface area contributed by atoms with E-state index in [0.29, 0.717) is 17.6 Å². The third kappa shape index (κ3) is 1.52. The zero-order chi connectivity index (χ0) is 10.8. The fourth-order valence-corrected chi connectivity index (χ4v) is 1.39. The van der Waals surface area contributed by atoms with E-state index in [1.165, 1.54) is 0 Å². The van der Waals surface area contributed by atoms with E-state index in [1.54, 1.807) is 31.2 Å². The summed E-state index contributed by atoms with van der Waals surface area (Å²) in [7, 11) is 0. The summed E-state index contributed by atoms with van der Waals surface area (Å²) in [5.74, 6) is -0.665. The maximum Gasteiger partial charge on any atom is 0.428 e. The second kappa shape index (κ2) is 3.61. The molecule has 1 aromatic carbocycles. The number of nitrogens with one attached hydrogen (secondary N) is 1. The normalized spacial score (nSPS) is 10.5. The Labute approximate surface area is 85.3 Å². The Morgan fingerprint density at radius 3 is 2.93 bits per heavy atom. The molecule has 1 aromatic heterocycles. The van der Waals surface area contributed by atoms with Crippen LogP contribution in [-0.2, 0) is 0 Å². The molecule has 2 aromatic rings. The van der Waals surface area contributed by atoms with Crippen LogP contribution in [0.3, 0.4) is 0 Å². The molecule has 0 aliphatic carbocycles. The van der Waals surface area contributed by atoms with Gasteiger partial charge in [0.05, 0.1) is 5.52 Å². The van der Waals surface area contributed by atoms with Crippen LogP contribution in [-0.4, -0.2) is 17.1 Å². The first-order valence-electron chi connectivity index (χ1n) is 4.63. The molecule has 0 saturated heterocycles. The number of hydrogen-bond acceptors (Lipinski definition) is 3. The molecule has 0 unspecified atom stereocenters. The SMILES string of the molecule is CCNC(=O)n1c(=O)oc2ccccc21. The largest absolute Gasteiger partial charge is 0.428 e. The summed E-state index contributed by atoms with van der Waals surface area (Å²) < 4.78 is 5.90. The molecule has 0 saturated carbocycles. The van der Waals surface area contributed by atoms with E-state index in [4.69, 9.17) is 4.42 Å². The summed E-state index contributed by atoms with van der Waals surface area (Å²) >= 11 is 0. The van der Waals surface area contributed by atoms with Gasteiger partial charge in [0.15, 0.2) is 5.58 Å². The average Bonchev–Trinajstić information content (AvgIpc) is 2.54. The van der Waals surface area contributed by atoms with Gasteiger partial charge in [-0.1, -0.05) is 12.1 Å². The van der Waals surface area contributed by atoms with Crippen molar-refractivity contribution >= 4 is 17.1 Å². The van der Waals surface area contributed by atoms with Crippen molar-refractivity contribution in [2.75, 3.05) is 6.54 Å². The van der Waals surface area contributed by atoms with Crippen molar-refractivity contribution < 1.29 is 9.21 Å². The quantitative estimate of drug-likeness (QED) is 0.761. The lowest BCUT2D eigenvalue weighted by Crippen LogP contribution is -2.33. The van der Waals surface area contributed by atoms with Gasteiger partial charge in [0.1, 0.15) is 0 Å². The summed E-state index contributed by atoms with van der Waals surface area (Å²) in [6.07, 6.45) is 0. The first-order valence-corrected chi connectivity index (χ1v) is 4.63. The minimum atomic E-state index is -0.665. The van der Waals surface area contributed by atoms with Crippen molar-refractivity contribution in [3.05, 3.63) is 34.8 Å². The fourth-order valence-electron chi connectivity index (χ4n) is 1.39. The summed E-state index contributed by atoms with van der Waals surface area (Å²) in [6, 6.07) is 6.33. The van der Waals surface area contributed by atoms with Crippen LogP contribution in [0, 0.1) is 0 Å². The molecule has 0 fully saturated rings. The van der Waals surface area contributed by atoms with Gasteiger partial charge in [0, 0.05) is 6.54 Å². The molecule has 5 nitrogen and oxygen atoms in total. The lowest BCUT2D eigenvalue weighted by atomic mass is 10.3. The van der Waals surface area contributed by atoms with Crippen molar-refractivity contribution in [3.8, 4) is 0 Å². The highest BCUT2D eigenvalue weighted by Crippen LogP contribution is 2.10. The Balaban J connectivity index is 2.64. The standard InChI is InChI=1S/C10H10N2O3/c1-2-11-9(13)12-7-5-3-4-6-8(7)15-10(12)14/h3-6H,2H2,1H3,(H,11,13). The average molecular weight is 206 g/mol. The number of carbonyl (C=O) groups excluding carboxylic acids is 1. The summed E-state index contributed by atoms with van der Waals surface area (Å²) in [5, 5.41) is 2.54. The van der Waals surface area contributed by atoms with Crippen LogP contribution in [0.4, 0.5) is 4.79 Å². The van der Waals surface area contributed by atoms with Gasteiger partial charge in [-0.15, -0.1) is 0 Å². The third-order valence-corrected chi connectivity index (χ3v) is 2.02. The summed E-state index contributed by atoms with van der Waals surface area (Å²) in [4.78, 5) is 22.9. The van der Waals surface area contributed by atoms with Crippen LogP contribution in [0.15, 0.2) is 33.5 Å². The number of fused-ring (bicyclic) bond motifs is 1. The van der Waals surface area contributed by atoms with E-state index < -0.39 is 11.8 Å².